The van der Waals surface area contributed by atoms with Crippen LogP contribution in [0.3, 0.4) is 0 Å². The quantitative estimate of drug-likeness (QED) is 0.813. The summed E-state index contributed by atoms with van der Waals surface area (Å²) in [6, 6.07) is 9.29. The lowest BCUT2D eigenvalue weighted by molar-refractivity contribution is -0.141. The molecule has 0 saturated carbocycles. The Morgan fingerprint density at radius 2 is 2.24 bits per heavy atom. The molecule has 1 saturated heterocycles. The van der Waals surface area contributed by atoms with E-state index in [0.717, 1.165) is 35.9 Å². The lowest BCUT2D eigenvalue weighted by Gasteiger charge is -2.25. The first kappa shape index (κ1) is 17.4. The van der Waals surface area contributed by atoms with Gasteiger partial charge in [0.1, 0.15) is 0 Å². The number of para-hydroxylation sites is 1. The Morgan fingerprint density at radius 3 is 3.00 bits per heavy atom. The van der Waals surface area contributed by atoms with Crippen molar-refractivity contribution in [1.29, 1.82) is 0 Å². The van der Waals surface area contributed by atoms with Crippen LogP contribution in [0, 0.1) is 5.92 Å². The van der Waals surface area contributed by atoms with Crippen molar-refractivity contribution in [1.82, 2.24) is 15.6 Å². The molecular formula is C19H23N3O3. The fourth-order valence-corrected chi connectivity index (χ4v) is 3.15. The molecule has 2 N–H and O–H groups in total. The lowest BCUT2D eigenvalue weighted by Crippen LogP contribution is -2.42. The zero-order valence-corrected chi connectivity index (χ0v) is 14.3. The molecule has 132 valence electrons. The maximum absolute atomic E-state index is 12.6. The van der Waals surface area contributed by atoms with Gasteiger partial charge in [-0.05, 0) is 37.1 Å². The van der Waals surface area contributed by atoms with Crippen molar-refractivity contribution >= 4 is 22.8 Å². The summed E-state index contributed by atoms with van der Waals surface area (Å²) < 4.78 is 4.79. The molecule has 2 heterocycles. The van der Waals surface area contributed by atoms with E-state index >= 15 is 0 Å². The van der Waals surface area contributed by atoms with Gasteiger partial charge < -0.3 is 15.4 Å². The fourth-order valence-electron chi connectivity index (χ4n) is 3.15. The molecule has 0 radical (unpaired) electrons. The molecule has 1 aliphatic heterocycles. The molecule has 6 heteroatoms. The molecule has 0 spiro atoms. The number of amides is 1. The number of fused-ring (bicyclic) bond motifs is 1. The van der Waals surface area contributed by atoms with E-state index in [1.807, 2.05) is 30.3 Å². The van der Waals surface area contributed by atoms with Crippen LogP contribution >= 0.6 is 0 Å². The Hall–Kier alpha value is -2.47. The van der Waals surface area contributed by atoms with E-state index in [1.54, 1.807) is 6.20 Å². The molecule has 2 atom stereocenters. The number of hydrogen-bond donors (Lipinski definition) is 2. The van der Waals surface area contributed by atoms with Crippen LogP contribution in [0.25, 0.3) is 10.9 Å². The summed E-state index contributed by atoms with van der Waals surface area (Å²) in [4.78, 5) is 28.8. The van der Waals surface area contributed by atoms with Crippen LogP contribution in [0.1, 0.15) is 30.9 Å². The summed E-state index contributed by atoms with van der Waals surface area (Å²) >= 11 is 0. The number of nitrogens with zero attached hydrogens (tertiary/aromatic N) is 1. The number of pyridine rings is 1. The van der Waals surface area contributed by atoms with Crippen molar-refractivity contribution in [2.75, 3.05) is 20.2 Å². The van der Waals surface area contributed by atoms with Crippen LogP contribution in [0.15, 0.2) is 36.5 Å². The largest absolute Gasteiger partial charge is 0.469 e. The predicted octanol–water partition coefficient (Wildman–Crippen LogP) is 1.95. The summed E-state index contributed by atoms with van der Waals surface area (Å²) in [6.07, 6.45) is 3.65. The van der Waals surface area contributed by atoms with Gasteiger partial charge in [-0.1, -0.05) is 18.2 Å². The molecule has 1 aliphatic rings. The van der Waals surface area contributed by atoms with Gasteiger partial charge >= 0.3 is 5.97 Å². The van der Waals surface area contributed by atoms with Gasteiger partial charge in [0.25, 0.3) is 0 Å². The number of piperidine rings is 1. The number of benzene rings is 1. The number of esters is 1. The first-order valence-electron chi connectivity index (χ1n) is 8.60. The number of hydrogen-bond acceptors (Lipinski definition) is 5. The van der Waals surface area contributed by atoms with Gasteiger partial charge in [0.15, 0.2) is 0 Å². The predicted molar refractivity (Wildman–Crippen MR) is 94.9 cm³/mol. The van der Waals surface area contributed by atoms with Crippen LogP contribution < -0.4 is 10.6 Å². The van der Waals surface area contributed by atoms with E-state index in [-0.39, 0.29) is 24.2 Å². The third kappa shape index (κ3) is 4.33. The minimum absolute atomic E-state index is 0.0331. The molecule has 0 aliphatic carbocycles. The zero-order valence-electron chi connectivity index (χ0n) is 14.3. The van der Waals surface area contributed by atoms with Gasteiger partial charge in [0.2, 0.25) is 5.91 Å². The van der Waals surface area contributed by atoms with E-state index in [2.05, 4.69) is 15.6 Å². The summed E-state index contributed by atoms with van der Waals surface area (Å²) in [5, 5.41) is 7.23. The molecule has 2 aromatic rings. The van der Waals surface area contributed by atoms with Crippen molar-refractivity contribution in [3.8, 4) is 0 Å². The second kappa shape index (κ2) is 8.07. The summed E-state index contributed by atoms with van der Waals surface area (Å²) in [5.74, 6) is -0.461. The Balaban J connectivity index is 1.82. The molecule has 3 rings (SSSR count). The van der Waals surface area contributed by atoms with E-state index in [4.69, 9.17) is 4.74 Å². The van der Waals surface area contributed by atoms with Crippen LogP contribution in [-0.2, 0) is 14.3 Å². The van der Waals surface area contributed by atoms with Crippen molar-refractivity contribution in [2.24, 2.45) is 5.92 Å². The van der Waals surface area contributed by atoms with Gasteiger partial charge in [-0.2, -0.15) is 0 Å². The Kier molecular flexibility index (Phi) is 5.60. The minimum Gasteiger partial charge on any atom is -0.469 e. The maximum Gasteiger partial charge on any atom is 0.307 e. The van der Waals surface area contributed by atoms with Crippen LogP contribution in [0.5, 0.6) is 0 Å². The number of aromatic nitrogens is 1. The van der Waals surface area contributed by atoms with Crippen molar-refractivity contribution < 1.29 is 14.3 Å². The number of nitrogens with one attached hydrogen (secondary N) is 2. The topological polar surface area (TPSA) is 80.3 Å². The molecule has 0 unspecified atom stereocenters. The van der Waals surface area contributed by atoms with Crippen molar-refractivity contribution in [2.45, 2.75) is 25.3 Å². The van der Waals surface area contributed by atoms with E-state index < -0.39 is 6.04 Å². The monoisotopic (exact) mass is 341 g/mol. The van der Waals surface area contributed by atoms with Crippen molar-refractivity contribution in [3.63, 3.8) is 0 Å². The summed E-state index contributed by atoms with van der Waals surface area (Å²) in [6.45, 7) is 1.62. The number of rotatable bonds is 5. The molecule has 1 aromatic heterocycles. The molecule has 0 bridgehead atoms. The molecular weight excluding hydrogens is 318 g/mol. The third-order valence-corrected chi connectivity index (χ3v) is 4.60. The number of ether oxygens (including phenoxy) is 1. The standard InChI is InChI=1S/C19H23N3O3/c1-25-18(23)10-17(22-19(24)14-6-4-8-20-11-14)15-9-13-5-2-3-7-16(13)21-12-15/h2-3,5,7,9,12,14,17,20H,4,6,8,10-11H2,1H3,(H,22,24)/t14-,17-/m1/s1. The van der Waals surface area contributed by atoms with E-state index in [1.165, 1.54) is 7.11 Å². The Morgan fingerprint density at radius 1 is 1.40 bits per heavy atom. The SMILES string of the molecule is COC(=O)C[C@@H](NC(=O)[C@@H]1CCCNC1)c1cnc2ccccc2c1. The van der Waals surface area contributed by atoms with Gasteiger partial charge in [0.05, 0.1) is 31.0 Å². The van der Waals surface area contributed by atoms with Crippen LogP contribution in [0.2, 0.25) is 0 Å². The first-order valence-corrected chi connectivity index (χ1v) is 8.60. The second-order valence-corrected chi connectivity index (χ2v) is 6.35. The van der Waals surface area contributed by atoms with Gasteiger partial charge in [0, 0.05) is 18.1 Å². The summed E-state index contributed by atoms with van der Waals surface area (Å²) in [5.41, 5.74) is 1.69. The molecule has 25 heavy (non-hydrogen) atoms. The highest BCUT2D eigenvalue weighted by Crippen LogP contribution is 2.22. The van der Waals surface area contributed by atoms with Crippen molar-refractivity contribution in [3.05, 3.63) is 42.1 Å². The maximum atomic E-state index is 12.6. The Labute approximate surface area is 147 Å². The fraction of sp³-hybridized carbons (Fsp3) is 0.421. The highest BCUT2D eigenvalue weighted by molar-refractivity contribution is 5.82. The van der Waals surface area contributed by atoms with E-state index in [9.17, 15) is 9.59 Å². The second-order valence-electron chi connectivity index (χ2n) is 6.35. The van der Waals surface area contributed by atoms with Crippen LogP contribution in [-0.4, -0.2) is 37.1 Å². The van der Waals surface area contributed by atoms with E-state index in [0.29, 0.717) is 6.54 Å². The third-order valence-electron chi connectivity index (χ3n) is 4.60. The average molecular weight is 341 g/mol. The first-order chi connectivity index (χ1) is 12.2. The molecule has 1 amide bonds. The van der Waals surface area contributed by atoms with Gasteiger partial charge in [-0.15, -0.1) is 0 Å². The van der Waals surface area contributed by atoms with Crippen LogP contribution in [0.4, 0.5) is 0 Å². The molecule has 1 aromatic carbocycles. The highest BCUT2D eigenvalue weighted by Gasteiger charge is 2.25. The molecule has 1 fully saturated rings. The normalized spacial score (nSPS) is 18.5. The number of carbonyl (C=O) groups excluding carboxylic acids is 2. The number of carbonyl (C=O) groups is 2. The van der Waals surface area contributed by atoms with Gasteiger partial charge in [-0.3, -0.25) is 14.6 Å². The Bertz CT molecular complexity index is 756. The summed E-state index contributed by atoms with van der Waals surface area (Å²) in [7, 11) is 1.35. The zero-order chi connectivity index (χ0) is 17.6. The average Bonchev–Trinajstić information content (AvgIpc) is 2.67. The number of methoxy groups -OCH3 is 1. The lowest BCUT2D eigenvalue weighted by atomic mass is 9.97. The minimum atomic E-state index is -0.445. The highest BCUT2D eigenvalue weighted by atomic mass is 16.5. The van der Waals surface area contributed by atoms with Gasteiger partial charge in [-0.25, -0.2) is 0 Å². The smallest absolute Gasteiger partial charge is 0.307 e. The molecule has 6 nitrogen and oxygen atoms in total.